The van der Waals surface area contributed by atoms with Crippen LogP contribution in [0.2, 0.25) is 0 Å². The number of halogens is 1. The Labute approximate surface area is 75.6 Å². The monoisotopic (exact) mass is 176 g/mol. The van der Waals surface area contributed by atoms with E-state index in [-0.39, 0.29) is 5.82 Å². The van der Waals surface area contributed by atoms with Gasteiger partial charge in [-0.15, -0.1) is 0 Å². The standard InChI is InChI=1S/C10H9FN2/c1-13-7-6-10(12-13)8-4-2-3-5-9(8)11/h2-7H,1H3. The average Bonchev–Trinajstić information content (AvgIpc) is 2.53. The molecule has 0 amide bonds. The van der Waals surface area contributed by atoms with Crippen molar-refractivity contribution in [2.24, 2.45) is 7.05 Å². The van der Waals surface area contributed by atoms with Crippen LogP contribution in [0.15, 0.2) is 36.5 Å². The summed E-state index contributed by atoms with van der Waals surface area (Å²) in [7, 11) is 1.81. The summed E-state index contributed by atoms with van der Waals surface area (Å²) in [5.74, 6) is -0.235. The number of hydrogen-bond donors (Lipinski definition) is 0. The molecule has 2 aromatic rings. The highest BCUT2D eigenvalue weighted by Gasteiger charge is 2.05. The predicted molar refractivity (Wildman–Crippen MR) is 48.6 cm³/mol. The van der Waals surface area contributed by atoms with Crippen LogP contribution in [0.1, 0.15) is 0 Å². The molecule has 3 heteroatoms. The van der Waals surface area contributed by atoms with Gasteiger partial charge in [-0.1, -0.05) is 12.1 Å². The Kier molecular flexibility index (Phi) is 1.85. The van der Waals surface area contributed by atoms with Gasteiger partial charge >= 0.3 is 0 Å². The summed E-state index contributed by atoms with van der Waals surface area (Å²) in [5.41, 5.74) is 1.21. The summed E-state index contributed by atoms with van der Waals surface area (Å²) < 4.78 is 14.9. The van der Waals surface area contributed by atoms with E-state index in [2.05, 4.69) is 5.10 Å². The van der Waals surface area contributed by atoms with E-state index in [4.69, 9.17) is 0 Å². The number of aryl methyl sites for hydroxylation is 1. The molecule has 1 aromatic carbocycles. The first-order valence-electron chi connectivity index (χ1n) is 4.02. The molecule has 2 nitrogen and oxygen atoms in total. The minimum absolute atomic E-state index is 0.235. The molecule has 0 atom stereocenters. The molecule has 0 aliphatic carbocycles. The van der Waals surface area contributed by atoms with Gasteiger partial charge in [0.05, 0.1) is 5.69 Å². The van der Waals surface area contributed by atoms with Crippen LogP contribution in [0.5, 0.6) is 0 Å². The van der Waals surface area contributed by atoms with Crippen molar-refractivity contribution in [1.82, 2.24) is 9.78 Å². The molecule has 0 saturated carbocycles. The summed E-state index contributed by atoms with van der Waals surface area (Å²) in [6.45, 7) is 0. The van der Waals surface area contributed by atoms with Crippen LogP contribution < -0.4 is 0 Å². The Morgan fingerprint density at radius 1 is 1.23 bits per heavy atom. The largest absolute Gasteiger partial charge is 0.275 e. The normalized spacial score (nSPS) is 10.3. The lowest BCUT2D eigenvalue weighted by Gasteiger charge is -1.97. The third kappa shape index (κ3) is 1.45. The van der Waals surface area contributed by atoms with Gasteiger partial charge in [-0.3, -0.25) is 4.68 Å². The lowest BCUT2D eigenvalue weighted by atomic mass is 10.1. The molecule has 13 heavy (non-hydrogen) atoms. The Balaban J connectivity index is 2.52. The van der Waals surface area contributed by atoms with Crippen LogP contribution in [0.25, 0.3) is 11.3 Å². The molecule has 0 unspecified atom stereocenters. The Hall–Kier alpha value is -1.64. The van der Waals surface area contributed by atoms with E-state index in [1.165, 1.54) is 6.07 Å². The van der Waals surface area contributed by atoms with Gasteiger partial charge in [0.15, 0.2) is 0 Å². The second-order valence-electron chi connectivity index (χ2n) is 2.85. The number of hydrogen-bond acceptors (Lipinski definition) is 1. The average molecular weight is 176 g/mol. The van der Waals surface area contributed by atoms with E-state index in [0.717, 1.165) is 0 Å². The van der Waals surface area contributed by atoms with Crippen LogP contribution in [-0.4, -0.2) is 9.78 Å². The van der Waals surface area contributed by atoms with Crippen molar-refractivity contribution in [2.75, 3.05) is 0 Å². The summed E-state index contributed by atoms with van der Waals surface area (Å²) in [6.07, 6.45) is 1.79. The van der Waals surface area contributed by atoms with Gasteiger partial charge in [-0.25, -0.2) is 4.39 Å². The van der Waals surface area contributed by atoms with Crippen molar-refractivity contribution in [3.63, 3.8) is 0 Å². The number of nitrogens with zero attached hydrogens (tertiary/aromatic N) is 2. The van der Waals surface area contributed by atoms with Crippen LogP contribution >= 0.6 is 0 Å². The van der Waals surface area contributed by atoms with Crippen molar-refractivity contribution in [3.8, 4) is 11.3 Å². The van der Waals surface area contributed by atoms with E-state index in [1.54, 1.807) is 35.1 Å². The molecule has 66 valence electrons. The third-order valence-corrected chi connectivity index (χ3v) is 1.86. The second kappa shape index (κ2) is 3.01. The molecular formula is C10H9FN2. The van der Waals surface area contributed by atoms with Gasteiger partial charge in [0, 0.05) is 18.8 Å². The van der Waals surface area contributed by atoms with Crippen molar-refractivity contribution in [1.29, 1.82) is 0 Å². The highest BCUT2D eigenvalue weighted by molar-refractivity contribution is 5.58. The van der Waals surface area contributed by atoms with Gasteiger partial charge < -0.3 is 0 Å². The minimum Gasteiger partial charge on any atom is -0.275 e. The van der Waals surface area contributed by atoms with Crippen molar-refractivity contribution < 1.29 is 4.39 Å². The lowest BCUT2D eigenvalue weighted by Crippen LogP contribution is -1.89. The van der Waals surface area contributed by atoms with E-state index in [9.17, 15) is 4.39 Å². The Bertz CT molecular complexity index is 420. The van der Waals surface area contributed by atoms with Crippen molar-refractivity contribution in [2.45, 2.75) is 0 Å². The highest BCUT2D eigenvalue weighted by atomic mass is 19.1. The zero-order chi connectivity index (χ0) is 9.26. The molecule has 0 radical (unpaired) electrons. The maximum atomic E-state index is 13.2. The Morgan fingerprint density at radius 2 is 2.00 bits per heavy atom. The van der Waals surface area contributed by atoms with E-state index in [0.29, 0.717) is 11.3 Å². The number of aromatic nitrogens is 2. The molecule has 0 bridgehead atoms. The molecule has 0 saturated heterocycles. The van der Waals surface area contributed by atoms with Crippen molar-refractivity contribution in [3.05, 3.63) is 42.3 Å². The third-order valence-electron chi connectivity index (χ3n) is 1.86. The van der Waals surface area contributed by atoms with Crippen LogP contribution in [0.3, 0.4) is 0 Å². The number of rotatable bonds is 1. The van der Waals surface area contributed by atoms with Gasteiger partial charge in [0.25, 0.3) is 0 Å². The van der Waals surface area contributed by atoms with Crippen LogP contribution in [-0.2, 0) is 7.05 Å². The quantitative estimate of drug-likeness (QED) is 0.651. The first-order chi connectivity index (χ1) is 6.27. The molecule has 0 spiro atoms. The maximum Gasteiger partial charge on any atom is 0.132 e. The van der Waals surface area contributed by atoms with Crippen LogP contribution in [0, 0.1) is 5.82 Å². The topological polar surface area (TPSA) is 17.8 Å². The van der Waals surface area contributed by atoms with E-state index >= 15 is 0 Å². The fourth-order valence-electron chi connectivity index (χ4n) is 1.23. The summed E-state index contributed by atoms with van der Waals surface area (Å²) in [5, 5.41) is 4.12. The predicted octanol–water partition coefficient (Wildman–Crippen LogP) is 2.23. The van der Waals surface area contributed by atoms with Crippen molar-refractivity contribution >= 4 is 0 Å². The van der Waals surface area contributed by atoms with Crippen LogP contribution in [0.4, 0.5) is 4.39 Å². The highest BCUT2D eigenvalue weighted by Crippen LogP contribution is 2.19. The molecular weight excluding hydrogens is 167 g/mol. The first kappa shape index (κ1) is 7.98. The first-order valence-corrected chi connectivity index (χ1v) is 4.02. The summed E-state index contributed by atoms with van der Waals surface area (Å²) in [6, 6.07) is 8.41. The van der Waals surface area contributed by atoms with Gasteiger partial charge in [-0.2, -0.15) is 5.10 Å². The molecule has 2 rings (SSSR count). The van der Waals surface area contributed by atoms with Gasteiger partial charge in [0.2, 0.25) is 0 Å². The SMILES string of the molecule is Cn1ccc(-c2ccccc2F)n1. The molecule has 0 fully saturated rings. The fraction of sp³-hybridized carbons (Fsp3) is 0.100. The van der Waals surface area contributed by atoms with E-state index in [1.807, 2.05) is 7.05 Å². The smallest absolute Gasteiger partial charge is 0.132 e. The lowest BCUT2D eigenvalue weighted by molar-refractivity contribution is 0.630. The molecule has 0 N–H and O–H groups in total. The minimum atomic E-state index is -0.235. The summed E-state index contributed by atoms with van der Waals surface area (Å²) in [4.78, 5) is 0. The molecule has 1 heterocycles. The molecule has 0 aliphatic rings. The van der Waals surface area contributed by atoms with Gasteiger partial charge in [-0.05, 0) is 18.2 Å². The fourth-order valence-corrected chi connectivity index (χ4v) is 1.23. The summed E-state index contributed by atoms with van der Waals surface area (Å²) >= 11 is 0. The second-order valence-corrected chi connectivity index (χ2v) is 2.85. The zero-order valence-corrected chi connectivity index (χ0v) is 7.24. The Morgan fingerprint density at radius 3 is 2.62 bits per heavy atom. The molecule has 0 aliphatic heterocycles. The van der Waals surface area contributed by atoms with Gasteiger partial charge in [0.1, 0.15) is 5.82 Å². The molecule has 1 aromatic heterocycles. The number of benzene rings is 1. The maximum absolute atomic E-state index is 13.2. The zero-order valence-electron chi connectivity index (χ0n) is 7.24. The van der Waals surface area contributed by atoms with E-state index < -0.39 is 0 Å².